The highest BCUT2D eigenvalue weighted by atomic mass is 16.3. The summed E-state index contributed by atoms with van der Waals surface area (Å²) < 4.78 is 5.50. The van der Waals surface area contributed by atoms with E-state index in [0.717, 1.165) is 5.76 Å². The zero-order valence-corrected chi connectivity index (χ0v) is 12.5. The van der Waals surface area contributed by atoms with Gasteiger partial charge in [0, 0.05) is 6.04 Å². The van der Waals surface area contributed by atoms with Gasteiger partial charge in [-0.1, -0.05) is 38.1 Å². The molecule has 2 heteroatoms. The monoisotopic (exact) mass is 269 g/mol. The van der Waals surface area contributed by atoms with E-state index >= 15 is 0 Å². The molecule has 3 rings (SSSR count). The normalized spacial score (nSPS) is 22.2. The van der Waals surface area contributed by atoms with Crippen LogP contribution in [-0.4, -0.2) is 0 Å². The third kappa shape index (κ3) is 2.40. The fraction of sp³-hybridized carbons (Fsp3) is 0.444. The van der Waals surface area contributed by atoms with Gasteiger partial charge in [0.15, 0.2) is 0 Å². The third-order valence-electron chi connectivity index (χ3n) is 4.54. The molecular formula is C18H23NO. The first-order valence-corrected chi connectivity index (χ1v) is 7.47. The Labute approximate surface area is 121 Å². The molecule has 1 N–H and O–H groups in total. The quantitative estimate of drug-likeness (QED) is 0.870. The minimum atomic E-state index is 0.240. The number of benzene rings is 1. The van der Waals surface area contributed by atoms with E-state index in [1.54, 1.807) is 6.26 Å². The average molecular weight is 269 g/mol. The van der Waals surface area contributed by atoms with Crippen molar-refractivity contribution in [2.45, 2.75) is 51.1 Å². The van der Waals surface area contributed by atoms with Gasteiger partial charge in [-0.15, -0.1) is 0 Å². The third-order valence-corrected chi connectivity index (χ3v) is 4.54. The van der Waals surface area contributed by atoms with Crippen molar-refractivity contribution in [3.63, 3.8) is 0 Å². The fourth-order valence-corrected chi connectivity index (χ4v) is 3.31. The van der Waals surface area contributed by atoms with E-state index in [0.29, 0.717) is 6.04 Å². The Morgan fingerprint density at radius 1 is 1.20 bits per heavy atom. The van der Waals surface area contributed by atoms with Gasteiger partial charge < -0.3 is 9.73 Å². The topological polar surface area (TPSA) is 25.2 Å². The van der Waals surface area contributed by atoms with E-state index in [1.807, 2.05) is 12.1 Å². The molecule has 1 aromatic carbocycles. The van der Waals surface area contributed by atoms with Crippen molar-refractivity contribution in [3.8, 4) is 0 Å². The van der Waals surface area contributed by atoms with Crippen LogP contribution in [0.15, 0.2) is 47.1 Å². The van der Waals surface area contributed by atoms with Gasteiger partial charge in [-0.2, -0.15) is 0 Å². The van der Waals surface area contributed by atoms with E-state index in [2.05, 4.69) is 50.4 Å². The predicted molar refractivity (Wildman–Crippen MR) is 81.7 cm³/mol. The molecule has 0 saturated carbocycles. The van der Waals surface area contributed by atoms with Crippen LogP contribution in [0.4, 0.5) is 0 Å². The first-order chi connectivity index (χ1) is 9.58. The van der Waals surface area contributed by atoms with E-state index < -0.39 is 0 Å². The zero-order chi connectivity index (χ0) is 14.2. The largest absolute Gasteiger partial charge is 0.468 e. The van der Waals surface area contributed by atoms with Crippen molar-refractivity contribution in [2.75, 3.05) is 0 Å². The van der Waals surface area contributed by atoms with Gasteiger partial charge in [-0.3, -0.25) is 0 Å². The highest BCUT2D eigenvalue weighted by molar-refractivity contribution is 5.38. The number of hydrogen-bond donors (Lipinski definition) is 1. The lowest BCUT2D eigenvalue weighted by atomic mass is 9.71. The maximum Gasteiger partial charge on any atom is 0.120 e. The van der Waals surface area contributed by atoms with Gasteiger partial charge in [0.25, 0.3) is 0 Å². The second kappa shape index (κ2) is 5.10. The molecule has 1 aromatic heterocycles. The van der Waals surface area contributed by atoms with Crippen LogP contribution >= 0.6 is 0 Å². The van der Waals surface area contributed by atoms with Crippen molar-refractivity contribution >= 4 is 0 Å². The molecule has 0 bridgehead atoms. The molecule has 2 nitrogen and oxygen atoms in total. The lowest BCUT2D eigenvalue weighted by molar-refractivity contribution is 0.322. The SMILES string of the molecule is C[C@H](NC1CCC(C)(C)c2ccccc21)c1ccco1. The molecule has 20 heavy (non-hydrogen) atoms. The van der Waals surface area contributed by atoms with Crippen molar-refractivity contribution in [3.05, 3.63) is 59.5 Å². The number of hydrogen-bond acceptors (Lipinski definition) is 2. The second-order valence-electron chi connectivity index (χ2n) is 6.47. The minimum absolute atomic E-state index is 0.240. The Morgan fingerprint density at radius 3 is 2.75 bits per heavy atom. The Bertz CT molecular complexity index is 571. The summed E-state index contributed by atoms with van der Waals surface area (Å²) >= 11 is 0. The van der Waals surface area contributed by atoms with Crippen LogP contribution in [0.25, 0.3) is 0 Å². The molecule has 1 heterocycles. The maximum atomic E-state index is 5.50. The lowest BCUT2D eigenvalue weighted by Gasteiger charge is -2.38. The van der Waals surface area contributed by atoms with Crippen LogP contribution in [0.5, 0.6) is 0 Å². The minimum Gasteiger partial charge on any atom is -0.468 e. The fourth-order valence-electron chi connectivity index (χ4n) is 3.31. The molecule has 0 fully saturated rings. The molecule has 0 aliphatic heterocycles. The molecule has 0 saturated heterocycles. The van der Waals surface area contributed by atoms with Gasteiger partial charge in [0.05, 0.1) is 12.3 Å². The van der Waals surface area contributed by atoms with Crippen LogP contribution in [-0.2, 0) is 5.41 Å². The summed E-state index contributed by atoms with van der Waals surface area (Å²) in [6.07, 6.45) is 4.13. The van der Waals surface area contributed by atoms with E-state index in [1.165, 1.54) is 24.0 Å². The molecule has 0 radical (unpaired) electrons. The smallest absolute Gasteiger partial charge is 0.120 e. The summed E-state index contributed by atoms with van der Waals surface area (Å²) in [5, 5.41) is 3.72. The Morgan fingerprint density at radius 2 is 2.00 bits per heavy atom. The van der Waals surface area contributed by atoms with Gasteiger partial charge in [-0.05, 0) is 48.4 Å². The summed E-state index contributed by atoms with van der Waals surface area (Å²) in [5.74, 6) is 1.01. The predicted octanol–water partition coefficient (Wildman–Crippen LogP) is 4.74. The average Bonchev–Trinajstić information content (AvgIpc) is 2.96. The Kier molecular flexibility index (Phi) is 3.43. The standard InChI is InChI=1S/C18H23NO/c1-13(17-9-6-12-20-17)19-16-10-11-18(2,3)15-8-5-4-7-14(15)16/h4-9,12-13,16,19H,10-11H2,1-3H3/t13-,16?/m0/s1. The van der Waals surface area contributed by atoms with E-state index in [9.17, 15) is 0 Å². The van der Waals surface area contributed by atoms with Crippen LogP contribution in [0.2, 0.25) is 0 Å². The van der Waals surface area contributed by atoms with Crippen LogP contribution < -0.4 is 5.32 Å². The van der Waals surface area contributed by atoms with Crippen molar-refractivity contribution in [1.29, 1.82) is 0 Å². The Hall–Kier alpha value is -1.54. The van der Waals surface area contributed by atoms with Gasteiger partial charge in [-0.25, -0.2) is 0 Å². The van der Waals surface area contributed by atoms with E-state index in [4.69, 9.17) is 4.42 Å². The molecule has 1 aliphatic carbocycles. The Balaban J connectivity index is 1.85. The van der Waals surface area contributed by atoms with Gasteiger partial charge in [0.1, 0.15) is 5.76 Å². The molecule has 106 valence electrons. The van der Waals surface area contributed by atoms with Crippen LogP contribution in [0.1, 0.15) is 62.6 Å². The second-order valence-corrected chi connectivity index (χ2v) is 6.47. The first kappa shape index (κ1) is 13.4. The van der Waals surface area contributed by atoms with E-state index in [-0.39, 0.29) is 11.5 Å². The lowest BCUT2D eigenvalue weighted by Crippen LogP contribution is -2.33. The summed E-state index contributed by atoms with van der Waals surface area (Å²) in [5.41, 5.74) is 3.21. The number of rotatable bonds is 3. The number of furan rings is 1. The highest BCUT2D eigenvalue weighted by Crippen LogP contribution is 2.42. The van der Waals surface area contributed by atoms with Crippen LogP contribution in [0.3, 0.4) is 0 Å². The summed E-state index contributed by atoms with van der Waals surface area (Å²) in [4.78, 5) is 0. The molecule has 1 aliphatic rings. The maximum absolute atomic E-state index is 5.50. The van der Waals surface area contributed by atoms with Crippen molar-refractivity contribution in [2.24, 2.45) is 0 Å². The van der Waals surface area contributed by atoms with Crippen molar-refractivity contribution < 1.29 is 4.42 Å². The summed E-state index contributed by atoms with van der Waals surface area (Å²) in [6.45, 7) is 6.86. The summed E-state index contributed by atoms with van der Waals surface area (Å²) in [6, 6.07) is 13.5. The zero-order valence-electron chi connectivity index (χ0n) is 12.5. The molecule has 2 atom stereocenters. The molecule has 0 spiro atoms. The molecular weight excluding hydrogens is 246 g/mol. The van der Waals surface area contributed by atoms with Gasteiger partial charge >= 0.3 is 0 Å². The molecule has 0 amide bonds. The molecule has 1 unspecified atom stereocenters. The van der Waals surface area contributed by atoms with Gasteiger partial charge in [0.2, 0.25) is 0 Å². The first-order valence-electron chi connectivity index (χ1n) is 7.47. The number of nitrogens with one attached hydrogen (secondary N) is 1. The summed E-state index contributed by atoms with van der Waals surface area (Å²) in [7, 11) is 0. The van der Waals surface area contributed by atoms with Crippen molar-refractivity contribution in [1.82, 2.24) is 5.32 Å². The van der Waals surface area contributed by atoms with Crippen LogP contribution in [0, 0.1) is 0 Å². The molecule has 2 aromatic rings. The number of fused-ring (bicyclic) bond motifs is 1. The highest BCUT2D eigenvalue weighted by Gasteiger charge is 2.32.